The molecule has 0 radical (unpaired) electrons. The van der Waals surface area contributed by atoms with E-state index in [2.05, 4.69) is 17.1 Å². The number of carbonyl (C=O) groups is 1. The second-order valence-corrected chi connectivity index (χ2v) is 7.50. The fraction of sp³-hybridized carbons (Fsp3) is 0.682. The number of carbonyl (C=O) groups excluding carboxylic acids is 1. The molecule has 2 rings (SSSR count). The molecule has 0 aromatic heterocycles. The highest BCUT2D eigenvalue weighted by atomic mass is 16.5. The Balaban J connectivity index is 1.82. The van der Waals surface area contributed by atoms with Gasteiger partial charge < -0.3 is 14.8 Å². The molecule has 1 fully saturated rings. The number of unbranched alkanes of at least 4 members (excludes halogenated alkanes) is 2. The molecule has 1 aromatic rings. The van der Waals surface area contributed by atoms with Crippen molar-refractivity contribution in [3.63, 3.8) is 0 Å². The van der Waals surface area contributed by atoms with Crippen molar-refractivity contribution < 1.29 is 14.3 Å². The molecule has 27 heavy (non-hydrogen) atoms. The third-order valence-electron chi connectivity index (χ3n) is 5.19. The van der Waals surface area contributed by atoms with Crippen molar-refractivity contribution >= 4 is 11.6 Å². The van der Waals surface area contributed by atoms with Gasteiger partial charge in [0.15, 0.2) is 0 Å². The molecular formula is C22H36N2O3. The van der Waals surface area contributed by atoms with E-state index in [9.17, 15) is 4.79 Å². The van der Waals surface area contributed by atoms with Crippen LogP contribution in [-0.2, 0) is 9.53 Å². The lowest BCUT2D eigenvalue weighted by atomic mass is 9.96. The maximum absolute atomic E-state index is 12.7. The minimum absolute atomic E-state index is 0.0804. The van der Waals surface area contributed by atoms with Crippen LogP contribution in [0, 0.1) is 0 Å². The van der Waals surface area contributed by atoms with Crippen LogP contribution in [0.15, 0.2) is 24.3 Å². The molecule has 1 aliphatic rings. The van der Waals surface area contributed by atoms with Crippen LogP contribution in [0.1, 0.15) is 59.3 Å². The average Bonchev–Trinajstić information content (AvgIpc) is 3.17. The Bertz CT molecular complexity index is 555. The number of likely N-dealkylation sites (tertiary alicyclic amines) is 1. The van der Waals surface area contributed by atoms with E-state index in [4.69, 9.17) is 9.47 Å². The van der Waals surface area contributed by atoms with E-state index in [1.54, 1.807) is 0 Å². The van der Waals surface area contributed by atoms with Gasteiger partial charge in [-0.25, -0.2) is 0 Å². The Labute approximate surface area is 164 Å². The zero-order valence-electron chi connectivity index (χ0n) is 17.3. The summed E-state index contributed by atoms with van der Waals surface area (Å²) >= 11 is 0. The predicted octanol–water partition coefficient (Wildman–Crippen LogP) is 4.48. The third kappa shape index (κ3) is 7.15. The van der Waals surface area contributed by atoms with Crippen LogP contribution in [0.2, 0.25) is 0 Å². The summed E-state index contributed by atoms with van der Waals surface area (Å²) in [5.74, 6) is 0.755. The molecule has 1 atom stereocenters. The smallest absolute Gasteiger partial charge is 0.256 e. The van der Waals surface area contributed by atoms with Gasteiger partial charge in [-0.15, -0.1) is 0 Å². The van der Waals surface area contributed by atoms with Crippen molar-refractivity contribution in [2.24, 2.45) is 0 Å². The first kappa shape index (κ1) is 21.7. The highest BCUT2D eigenvalue weighted by molar-refractivity contribution is 5.97. The van der Waals surface area contributed by atoms with Gasteiger partial charge in [0, 0.05) is 18.8 Å². The monoisotopic (exact) mass is 376 g/mol. The van der Waals surface area contributed by atoms with Gasteiger partial charge in [0.25, 0.3) is 5.91 Å². The van der Waals surface area contributed by atoms with Crippen LogP contribution < -0.4 is 10.1 Å². The first-order valence-corrected chi connectivity index (χ1v) is 10.5. The normalized spacial score (nSPS) is 16.9. The van der Waals surface area contributed by atoms with Gasteiger partial charge in [-0.05, 0) is 70.5 Å². The Kier molecular flexibility index (Phi) is 9.08. The summed E-state index contributed by atoms with van der Waals surface area (Å²) in [7, 11) is 0. The van der Waals surface area contributed by atoms with Gasteiger partial charge in [-0.1, -0.05) is 26.2 Å². The van der Waals surface area contributed by atoms with E-state index in [1.807, 2.05) is 38.1 Å². The minimum Gasteiger partial charge on any atom is -0.492 e. The molecule has 1 heterocycles. The molecule has 0 aliphatic carbocycles. The van der Waals surface area contributed by atoms with Gasteiger partial charge in [0.2, 0.25) is 0 Å². The molecule has 5 heteroatoms. The number of hydrogen-bond donors (Lipinski definition) is 1. The van der Waals surface area contributed by atoms with E-state index in [0.717, 1.165) is 43.7 Å². The number of rotatable bonds is 12. The Morgan fingerprint density at radius 3 is 2.48 bits per heavy atom. The summed E-state index contributed by atoms with van der Waals surface area (Å²) < 4.78 is 11.6. The molecule has 1 aliphatic heterocycles. The van der Waals surface area contributed by atoms with Crippen LogP contribution in [-0.4, -0.2) is 49.3 Å². The summed E-state index contributed by atoms with van der Waals surface area (Å²) in [6.07, 6.45) is 6.56. The molecule has 0 bridgehead atoms. The standard InChI is InChI=1S/C22H36N2O3/c1-4-6-7-14-22(3,27-5-2)21(25)23-19-10-12-20(13-11-19)26-18-17-24-15-8-9-16-24/h10-13H,4-9,14-18H2,1-3H3,(H,23,25)/t22-/m0/s1. The molecule has 0 unspecified atom stereocenters. The maximum Gasteiger partial charge on any atom is 0.256 e. The number of hydrogen-bond acceptors (Lipinski definition) is 4. The topological polar surface area (TPSA) is 50.8 Å². The number of ether oxygens (including phenoxy) is 2. The Morgan fingerprint density at radius 2 is 1.85 bits per heavy atom. The van der Waals surface area contributed by atoms with E-state index >= 15 is 0 Å². The van der Waals surface area contributed by atoms with E-state index in [-0.39, 0.29) is 5.91 Å². The number of benzene rings is 1. The SMILES string of the molecule is CCCCC[C@](C)(OCC)C(=O)Nc1ccc(OCCN2CCCC2)cc1. The van der Waals surface area contributed by atoms with Crippen LogP contribution in [0.4, 0.5) is 5.69 Å². The maximum atomic E-state index is 12.7. The summed E-state index contributed by atoms with van der Waals surface area (Å²) in [5.41, 5.74) is -0.0113. The van der Waals surface area contributed by atoms with Crippen molar-refractivity contribution in [2.45, 2.75) is 64.9 Å². The summed E-state index contributed by atoms with van der Waals surface area (Å²) in [4.78, 5) is 15.2. The molecular weight excluding hydrogens is 340 g/mol. The van der Waals surface area contributed by atoms with Crippen LogP contribution in [0.5, 0.6) is 5.75 Å². The minimum atomic E-state index is -0.783. The summed E-state index contributed by atoms with van der Waals surface area (Å²) in [5, 5.41) is 2.99. The van der Waals surface area contributed by atoms with Crippen LogP contribution in [0.25, 0.3) is 0 Å². The fourth-order valence-electron chi connectivity index (χ4n) is 3.48. The number of anilines is 1. The molecule has 0 spiro atoms. The van der Waals surface area contributed by atoms with Crippen LogP contribution >= 0.6 is 0 Å². The van der Waals surface area contributed by atoms with Gasteiger partial charge in [-0.3, -0.25) is 9.69 Å². The second-order valence-electron chi connectivity index (χ2n) is 7.50. The first-order chi connectivity index (χ1) is 13.1. The first-order valence-electron chi connectivity index (χ1n) is 10.5. The van der Waals surface area contributed by atoms with E-state index in [1.165, 1.54) is 25.9 Å². The van der Waals surface area contributed by atoms with Gasteiger partial charge in [-0.2, -0.15) is 0 Å². The van der Waals surface area contributed by atoms with Gasteiger partial charge in [0.1, 0.15) is 18.0 Å². The molecule has 0 saturated carbocycles. The molecule has 1 saturated heterocycles. The Hall–Kier alpha value is -1.59. The molecule has 5 nitrogen and oxygen atoms in total. The lowest BCUT2D eigenvalue weighted by Crippen LogP contribution is -2.42. The van der Waals surface area contributed by atoms with Crippen molar-refractivity contribution in [3.05, 3.63) is 24.3 Å². The molecule has 1 N–H and O–H groups in total. The van der Waals surface area contributed by atoms with Gasteiger partial charge in [0.05, 0.1) is 0 Å². The predicted molar refractivity (Wildman–Crippen MR) is 110 cm³/mol. The summed E-state index contributed by atoms with van der Waals surface area (Å²) in [6.45, 7) is 10.6. The average molecular weight is 377 g/mol. The largest absolute Gasteiger partial charge is 0.492 e. The highest BCUT2D eigenvalue weighted by Gasteiger charge is 2.33. The lowest BCUT2D eigenvalue weighted by molar-refractivity contribution is -0.139. The molecule has 1 aromatic carbocycles. The van der Waals surface area contributed by atoms with E-state index in [0.29, 0.717) is 13.2 Å². The zero-order valence-corrected chi connectivity index (χ0v) is 17.3. The highest BCUT2D eigenvalue weighted by Crippen LogP contribution is 2.23. The summed E-state index contributed by atoms with van der Waals surface area (Å²) in [6, 6.07) is 7.60. The van der Waals surface area contributed by atoms with Crippen molar-refractivity contribution in [3.8, 4) is 5.75 Å². The van der Waals surface area contributed by atoms with Crippen LogP contribution in [0.3, 0.4) is 0 Å². The molecule has 1 amide bonds. The van der Waals surface area contributed by atoms with Crippen molar-refractivity contribution in [1.82, 2.24) is 4.90 Å². The number of nitrogens with zero attached hydrogens (tertiary/aromatic N) is 1. The Morgan fingerprint density at radius 1 is 1.15 bits per heavy atom. The quantitative estimate of drug-likeness (QED) is 0.547. The second kappa shape index (κ2) is 11.3. The van der Waals surface area contributed by atoms with Gasteiger partial charge >= 0.3 is 0 Å². The number of amides is 1. The van der Waals surface area contributed by atoms with E-state index < -0.39 is 5.60 Å². The fourth-order valence-corrected chi connectivity index (χ4v) is 3.48. The lowest BCUT2D eigenvalue weighted by Gasteiger charge is -2.28. The van der Waals surface area contributed by atoms with Crippen molar-refractivity contribution in [1.29, 1.82) is 0 Å². The van der Waals surface area contributed by atoms with Crippen molar-refractivity contribution in [2.75, 3.05) is 38.2 Å². The zero-order chi connectivity index (χ0) is 19.5. The molecule has 152 valence electrons. The number of nitrogens with one attached hydrogen (secondary N) is 1. The third-order valence-corrected chi connectivity index (χ3v) is 5.19.